The van der Waals surface area contributed by atoms with E-state index in [1.165, 1.54) is 0 Å². The Bertz CT molecular complexity index is 340. The summed E-state index contributed by atoms with van der Waals surface area (Å²) < 4.78 is 5.05. The van der Waals surface area contributed by atoms with Crippen LogP contribution >= 0.6 is 0 Å². The highest BCUT2D eigenvalue weighted by Crippen LogP contribution is 2.03. The van der Waals surface area contributed by atoms with E-state index in [0.717, 1.165) is 12.5 Å². The Morgan fingerprint density at radius 3 is 2.12 bits per heavy atom. The Hall–Kier alpha value is -1.84. The lowest BCUT2D eigenvalue weighted by atomic mass is 10.2. The van der Waals surface area contributed by atoms with E-state index in [2.05, 4.69) is 0 Å². The van der Waals surface area contributed by atoms with Crippen LogP contribution in [0.5, 0.6) is 0 Å². The van der Waals surface area contributed by atoms with Gasteiger partial charge in [-0.15, -0.1) is 0 Å². The fourth-order valence-corrected chi connectivity index (χ4v) is 0.895. The maximum Gasteiger partial charge on any atom is 0.308 e. The van der Waals surface area contributed by atoms with E-state index in [4.69, 9.17) is 14.6 Å². The van der Waals surface area contributed by atoms with Crippen molar-refractivity contribution in [3.63, 3.8) is 0 Å². The number of carboxylic acid groups (broad SMARTS) is 1. The second kappa shape index (κ2) is 8.33. The third kappa shape index (κ3) is 9.11. The first-order valence-corrected chi connectivity index (χ1v) is 5.33. The molecule has 0 saturated carbocycles. The Labute approximate surface area is 101 Å². The van der Waals surface area contributed by atoms with E-state index in [9.17, 15) is 4.79 Å². The molecule has 0 fully saturated rings. The molecular formula is C13H18O4. The van der Waals surface area contributed by atoms with Crippen LogP contribution in [-0.2, 0) is 20.9 Å². The predicted molar refractivity (Wildman–Crippen MR) is 64.4 cm³/mol. The van der Waals surface area contributed by atoms with E-state index in [-0.39, 0.29) is 11.9 Å². The summed E-state index contributed by atoms with van der Waals surface area (Å²) in [4.78, 5) is 20.1. The highest BCUT2D eigenvalue weighted by atomic mass is 16.5. The number of ether oxygens (including phenoxy) is 1. The Morgan fingerprint density at radius 1 is 1.24 bits per heavy atom. The molecule has 0 unspecified atom stereocenters. The van der Waals surface area contributed by atoms with E-state index in [1.807, 2.05) is 44.2 Å². The average Bonchev–Trinajstić information content (AvgIpc) is 2.26. The van der Waals surface area contributed by atoms with Gasteiger partial charge in [-0.1, -0.05) is 44.2 Å². The maximum atomic E-state index is 11.1. The summed E-state index contributed by atoms with van der Waals surface area (Å²) in [6.07, 6.45) is 0. The standard InChI is InChI=1S/C11H14O2.C2H4O2/c1-9(2)11(12)13-8-10-6-4-3-5-7-10;1-2(3)4/h3-7,9H,8H2,1-2H3;1H3,(H,3,4). The lowest BCUT2D eigenvalue weighted by molar-refractivity contribution is -0.148. The minimum atomic E-state index is -0.833. The number of hydrogen-bond donors (Lipinski definition) is 1. The molecule has 0 atom stereocenters. The fraction of sp³-hybridized carbons (Fsp3) is 0.385. The van der Waals surface area contributed by atoms with Gasteiger partial charge >= 0.3 is 5.97 Å². The Balaban J connectivity index is 0.000000557. The summed E-state index contributed by atoms with van der Waals surface area (Å²) in [7, 11) is 0. The van der Waals surface area contributed by atoms with Gasteiger partial charge in [-0.2, -0.15) is 0 Å². The van der Waals surface area contributed by atoms with Gasteiger partial charge < -0.3 is 9.84 Å². The van der Waals surface area contributed by atoms with Crippen molar-refractivity contribution >= 4 is 11.9 Å². The van der Waals surface area contributed by atoms with Crippen LogP contribution in [0.15, 0.2) is 30.3 Å². The average molecular weight is 238 g/mol. The highest BCUT2D eigenvalue weighted by molar-refractivity contribution is 5.71. The Kier molecular flexibility index (Phi) is 7.43. The van der Waals surface area contributed by atoms with Crippen LogP contribution in [0, 0.1) is 5.92 Å². The predicted octanol–water partition coefficient (Wildman–Crippen LogP) is 2.48. The number of carbonyl (C=O) groups is 2. The van der Waals surface area contributed by atoms with Crippen LogP contribution < -0.4 is 0 Å². The third-order valence-electron chi connectivity index (χ3n) is 1.70. The molecule has 0 heterocycles. The molecule has 0 saturated heterocycles. The number of esters is 1. The van der Waals surface area contributed by atoms with Crippen molar-refractivity contribution in [2.75, 3.05) is 0 Å². The van der Waals surface area contributed by atoms with E-state index < -0.39 is 5.97 Å². The van der Waals surface area contributed by atoms with Gasteiger partial charge in [0.1, 0.15) is 6.61 Å². The first-order valence-electron chi connectivity index (χ1n) is 5.33. The van der Waals surface area contributed by atoms with Crippen LogP contribution in [-0.4, -0.2) is 17.0 Å². The summed E-state index contributed by atoms with van der Waals surface area (Å²) >= 11 is 0. The fourth-order valence-electron chi connectivity index (χ4n) is 0.895. The van der Waals surface area contributed by atoms with Crippen LogP contribution in [0.25, 0.3) is 0 Å². The lowest BCUT2D eigenvalue weighted by Crippen LogP contribution is -2.11. The van der Waals surface area contributed by atoms with Crippen molar-refractivity contribution in [2.45, 2.75) is 27.4 Å². The molecule has 1 rings (SSSR count). The zero-order chi connectivity index (χ0) is 13.3. The monoisotopic (exact) mass is 238 g/mol. The van der Waals surface area contributed by atoms with Crippen molar-refractivity contribution in [1.29, 1.82) is 0 Å². The second-order valence-corrected chi connectivity index (χ2v) is 3.77. The van der Waals surface area contributed by atoms with E-state index in [0.29, 0.717) is 6.61 Å². The molecule has 1 aromatic rings. The number of carbonyl (C=O) groups excluding carboxylic acids is 1. The van der Waals surface area contributed by atoms with Crippen LogP contribution in [0.1, 0.15) is 26.3 Å². The number of carboxylic acids is 1. The number of benzene rings is 1. The van der Waals surface area contributed by atoms with Gasteiger partial charge in [0.25, 0.3) is 5.97 Å². The smallest absolute Gasteiger partial charge is 0.308 e. The molecule has 0 aliphatic rings. The summed E-state index contributed by atoms with van der Waals surface area (Å²) in [5.74, 6) is -1.03. The minimum absolute atomic E-state index is 0.0521. The largest absolute Gasteiger partial charge is 0.481 e. The van der Waals surface area contributed by atoms with Crippen molar-refractivity contribution in [1.82, 2.24) is 0 Å². The number of hydrogen-bond acceptors (Lipinski definition) is 3. The summed E-state index contributed by atoms with van der Waals surface area (Å²) in [6, 6.07) is 9.67. The molecule has 1 N–H and O–H groups in total. The summed E-state index contributed by atoms with van der Waals surface area (Å²) in [6.45, 7) is 5.11. The molecule has 0 aliphatic carbocycles. The molecule has 1 aromatic carbocycles. The molecule has 0 aliphatic heterocycles. The first-order chi connectivity index (χ1) is 7.93. The van der Waals surface area contributed by atoms with Gasteiger partial charge in [-0.05, 0) is 5.56 Å². The quantitative estimate of drug-likeness (QED) is 0.822. The van der Waals surface area contributed by atoms with Gasteiger partial charge in [-0.25, -0.2) is 0 Å². The topological polar surface area (TPSA) is 63.6 Å². The summed E-state index contributed by atoms with van der Waals surface area (Å²) in [5, 5.41) is 7.42. The van der Waals surface area contributed by atoms with E-state index >= 15 is 0 Å². The van der Waals surface area contributed by atoms with Gasteiger partial charge in [-0.3, -0.25) is 9.59 Å². The molecule has 94 valence electrons. The minimum Gasteiger partial charge on any atom is -0.481 e. The second-order valence-electron chi connectivity index (χ2n) is 3.77. The molecule has 0 aromatic heterocycles. The molecule has 17 heavy (non-hydrogen) atoms. The molecule has 0 spiro atoms. The Morgan fingerprint density at radius 2 is 1.71 bits per heavy atom. The molecule has 0 amide bonds. The zero-order valence-corrected chi connectivity index (χ0v) is 10.3. The molecule has 0 bridgehead atoms. The van der Waals surface area contributed by atoms with E-state index in [1.54, 1.807) is 0 Å². The van der Waals surface area contributed by atoms with Gasteiger partial charge in [0.05, 0.1) is 5.92 Å². The van der Waals surface area contributed by atoms with Crippen LogP contribution in [0.2, 0.25) is 0 Å². The molecule has 4 heteroatoms. The zero-order valence-electron chi connectivity index (χ0n) is 10.3. The van der Waals surface area contributed by atoms with Gasteiger partial charge in [0.2, 0.25) is 0 Å². The third-order valence-corrected chi connectivity index (χ3v) is 1.70. The first kappa shape index (κ1) is 15.2. The normalized spacial score (nSPS) is 9.18. The maximum absolute atomic E-state index is 11.1. The molecule has 0 radical (unpaired) electrons. The van der Waals surface area contributed by atoms with Crippen molar-refractivity contribution < 1.29 is 19.4 Å². The number of aliphatic carboxylic acids is 1. The van der Waals surface area contributed by atoms with Crippen LogP contribution in [0.3, 0.4) is 0 Å². The molecule has 4 nitrogen and oxygen atoms in total. The summed E-state index contributed by atoms with van der Waals surface area (Å²) in [5.41, 5.74) is 1.02. The SMILES string of the molecule is CC(=O)O.CC(C)C(=O)OCc1ccccc1. The van der Waals surface area contributed by atoms with Crippen molar-refractivity contribution in [3.05, 3.63) is 35.9 Å². The van der Waals surface area contributed by atoms with Crippen molar-refractivity contribution in [2.24, 2.45) is 5.92 Å². The highest BCUT2D eigenvalue weighted by Gasteiger charge is 2.07. The van der Waals surface area contributed by atoms with Gasteiger partial charge in [0, 0.05) is 6.92 Å². The van der Waals surface area contributed by atoms with Gasteiger partial charge in [0.15, 0.2) is 0 Å². The molecular weight excluding hydrogens is 220 g/mol. The van der Waals surface area contributed by atoms with Crippen LogP contribution in [0.4, 0.5) is 0 Å². The lowest BCUT2D eigenvalue weighted by Gasteiger charge is -2.06. The van der Waals surface area contributed by atoms with Crippen molar-refractivity contribution in [3.8, 4) is 0 Å². The number of rotatable bonds is 3.